The van der Waals surface area contributed by atoms with Gasteiger partial charge >= 0.3 is 0 Å². The molecule has 2 heterocycles. The summed E-state index contributed by atoms with van der Waals surface area (Å²) in [6.45, 7) is 2.47. The van der Waals surface area contributed by atoms with E-state index in [2.05, 4.69) is 4.31 Å². The molecule has 0 bridgehead atoms. The van der Waals surface area contributed by atoms with Crippen LogP contribution in [0.3, 0.4) is 0 Å². The molecule has 0 saturated carbocycles. The van der Waals surface area contributed by atoms with Crippen LogP contribution >= 0.6 is 23.3 Å². The van der Waals surface area contributed by atoms with E-state index in [0.29, 0.717) is 0 Å². The van der Waals surface area contributed by atoms with E-state index in [1.165, 1.54) is 4.21 Å². The maximum Gasteiger partial charge on any atom is 0.0945 e. The van der Waals surface area contributed by atoms with Gasteiger partial charge in [-0.15, -0.1) is 11.3 Å². The maximum absolute atomic E-state index is 9.90. The van der Waals surface area contributed by atoms with Crippen LogP contribution in [0.15, 0.2) is 15.7 Å². The molecule has 0 unspecified atom stereocenters. The van der Waals surface area contributed by atoms with Crippen LogP contribution in [0.5, 0.6) is 0 Å². The van der Waals surface area contributed by atoms with Gasteiger partial charge in [0.25, 0.3) is 0 Å². The van der Waals surface area contributed by atoms with Crippen LogP contribution in [-0.4, -0.2) is 36.2 Å². The van der Waals surface area contributed by atoms with Crippen LogP contribution in [-0.2, 0) is 4.74 Å². The minimum Gasteiger partial charge on any atom is -0.387 e. The van der Waals surface area contributed by atoms with Gasteiger partial charge in [-0.25, -0.2) is 4.31 Å². The lowest BCUT2D eigenvalue weighted by Gasteiger charge is -2.28. The molecule has 1 aliphatic heterocycles. The van der Waals surface area contributed by atoms with Crippen molar-refractivity contribution < 1.29 is 9.84 Å². The molecule has 2 rings (SSSR count). The van der Waals surface area contributed by atoms with Crippen LogP contribution in [0.4, 0.5) is 0 Å². The quantitative estimate of drug-likeness (QED) is 0.651. The van der Waals surface area contributed by atoms with E-state index < -0.39 is 0 Å². The maximum atomic E-state index is 9.90. The van der Waals surface area contributed by atoms with Gasteiger partial charge in [0, 0.05) is 32.4 Å². The van der Waals surface area contributed by atoms with Gasteiger partial charge in [-0.05, 0) is 29.8 Å². The number of fused-ring (bicyclic) bond motifs is 1. The van der Waals surface area contributed by atoms with Crippen molar-refractivity contribution in [1.82, 2.24) is 4.31 Å². The van der Waals surface area contributed by atoms with Gasteiger partial charge in [-0.2, -0.15) is 0 Å². The SMILES string of the molecule is COCCCN1C[C@H](O)c2ccsc2S1. The number of nitrogens with zero attached hydrogens (tertiary/aromatic N) is 1. The molecule has 0 aromatic carbocycles. The molecule has 84 valence electrons. The van der Waals surface area contributed by atoms with Crippen LogP contribution in [0.1, 0.15) is 18.1 Å². The van der Waals surface area contributed by atoms with Crippen molar-refractivity contribution in [1.29, 1.82) is 0 Å². The normalized spacial score (nSPS) is 21.6. The third-order valence-electron chi connectivity index (χ3n) is 2.36. The molecule has 3 nitrogen and oxygen atoms in total. The van der Waals surface area contributed by atoms with Crippen LogP contribution in [0.25, 0.3) is 0 Å². The molecule has 0 aliphatic carbocycles. The number of rotatable bonds is 4. The molecule has 5 heteroatoms. The predicted octanol–water partition coefficient (Wildman–Crippen LogP) is 2.14. The monoisotopic (exact) mass is 245 g/mol. The lowest BCUT2D eigenvalue weighted by atomic mass is 10.2. The van der Waals surface area contributed by atoms with E-state index in [0.717, 1.165) is 31.7 Å². The fourth-order valence-electron chi connectivity index (χ4n) is 1.59. The second kappa shape index (κ2) is 5.32. The molecule has 1 aromatic rings. The number of thiophene rings is 1. The van der Waals surface area contributed by atoms with E-state index in [1.54, 1.807) is 30.4 Å². The summed E-state index contributed by atoms with van der Waals surface area (Å²) >= 11 is 3.46. The summed E-state index contributed by atoms with van der Waals surface area (Å²) in [7, 11) is 1.72. The van der Waals surface area contributed by atoms with Crippen LogP contribution in [0, 0.1) is 0 Å². The summed E-state index contributed by atoms with van der Waals surface area (Å²) in [5.41, 5.74) is 1.09. The average Bonchev–Trinajstić information content (AvgIpc) is 2.66. The summed E-state index contributed by atoms with van der Waals surface area (Å²) in [6, 6.07) is 2.02. The second-order valence-corrected chi connectivity index (χ2v) is 5.79. The Kier molecular flexibility index (Phi) is 4.05. The minimum atomic E-state index is -0.324. The Bertz CT molecular complexity index is 316. The Morgan fingerprint density at radius 2 is 2.53 bits per heavy atom. The molecule has 0 fully saturated rings. The van der Waals surface area contributed by atoms with Gasteiger partial charge < -0.3 is 9.84 Å². The number of aliphatic hydroxyl groups is 1. The van der Waals surface area contributed by atoms with Gasteiger partial charge in [-0.1, -0.05) is 0 Å². The van der Waals surface area contributed by atoms with Crippen molar-refractivity contribution in [3.8, 4) is 0 Å². The molecular formula is C10H15NO2S2. The summed E-state index contributed by atoms with van der Waals surface area (Å²) in [4.78, 5) is 0. The summed E-state index contributed by atoms with van der Waals surface area (Å²) in [5, 5.41) is 11.9. The molecule has 1 aromatic heterocycles. The fraction of sp³-hybridized carbons (Fsp3) is 0.600. The van der Waals surface area contributed by atoms with E-state index in [-0.39, 0.29) is 6.10 Å². The van der Waals surface area contributed by atoms with E-state index in [9.17, 15) is 5.11 Å². The Balaban J connectivity index is 1.91. The van der Waals surface area contributed by atoms with Gasteiger partial charge in [0.15, 0.2) is 0 Å². The summed E-state index contributed by atoms with van der Waals surface area (Å²) in [6.07, 6.45) is 0.687. The number of methoxy groups -OCH3 is 1. The first-order chi connectivity index (χ1) is 7.31. The Labute approximate surface area is 98.2 Å². The third-order valence-corrected chi connectivity index (χ3v) is 4.59. The van der Waals surface area contributed by atoms with Crippen molar-refractivity contribution in [2.24, 2.45) is 0 Å². The highest BCUT2D eigenvalue weighted by atomic mass is 32.2. The van der Waals surface area contributed by atoms with Crippen LogP contribution < -0.4 is 0 Å². The Hall–Kier alpha value is -0.0700. The average molecular weight is 245 g/mol. The highest BCUT2D eigenvalue weighted by molar-refractivity contribution is 7.99. The molecule has 0 spiro atoms. The molecule has 0 amide bonds. The van der Waals surface area contributed by atoms with Crippen LogP contribution in [0.2, 0.25) is 0 Å². The molecule has 1 aliphatic rings. The van der Waals surface area contributed by atoms with Gasteiger partial charge in [0.05, 0.1) is 10.3 Å². The largest absolute Gasteiger partial charge is 0.387 e. The topological polar surface area (TPSA) is 32.7 Å². The number of hydrogen-bond acceptors (Lipinski definition) is 5. The predicted molar refractivity (Wildman–Crippen MR) is 63.2 cm³/mol. The molecule has 1 N–H and O–H groups in total. The Morgan fingerprint density at radius 1 is 1.67 bits per heavy atom. The van der Waals surface area contributed by atoms with Crippen molar-refractivity contribution >= 4 is 23.3 Å². The number of β-amino-alcohol motifs (C(OH)–C–C–N with tert-alkyl or cyclic N) is 1. The first kappa shape index (κ1) is 11.4. The molecular weight excluding hydrogens is 230 g/mol. The van der Waals surface area contributed by atoms with Crippen molar-refractivity contribution in [3.05, 3.63) is 17.0 Å². The first-order valence-corrected chi connectivity index (χ1v) is 6.64. The van der Waals surface area contributed by atoms with Gasteiger partial charge in [0.1, 0.15) is 0 Å². The van der Waals surface area contributed by atoms with E-state index in [4.69, 9.17) is 4.74 Å². The number of ether oxygens (including phenoxy) is 1. The smallest absolute Gasteiger partial charge is 0.0945 e. The first-order valence-electron chi connectivity index (χ1n) is 4.98. The fourth-order valence-corrected chi connectivity index (χ4v) is 3.91. The summed E-state index contributed by atoms with van der Waals surface area (Å²) in [5.74, 6) is 0. The van der Waals surface area contributed by atoms with Gasteiger partial charge in [-0.3, -0.25) is 0 Å². The summed E-state index contributed by atoms with van der Waals surface area (Å²) < 4.78 is 8.46. The zero-order valence-corrected chi connectivity index (χ0v) is 10.3. The highest BCUT2D eigenvalue weighted by Crippen LogP contribution is 2.40. The number of aliphatic hydroxyl groups excluding tert-OH is 1. The number of hydrogen-bond donors (Lipinski definition) is 1. The molecule has 1 atom stereocenters. The molecule has 0 radical (unpaired) electrons. The minimum absolute atomic E-state index is 0.324. The lowest BCUT2D eigenvalue weighted by Crippen LogP contribution is -2.27. The third kappa shape index (κ3) is 2.73. The second-order valence-electron chi connectivity index (χ2n) is 3.50. The van der Waals surface area contributed by atoms with Crippen molar-refractivity contribution in [3.63, 3.8) is 0 Å². The molecule has 15 heavy (non-hydrogen) atoms. The van der Waals surface area contributed by atoms with Gasteiger partial charge in [0.2, 0.25) is 0 Å². The zero-order valence-electron chi connectivity index (χ0n) is 8.68. The highest BCUT2D eigenvalue weighted by Gasteiger charge is 2.24. The molecule has 0 saturated heterocycles. The lowest BCUT2D eigenvalue weighted by molar-refractivity contribution is 0.137. The standard InChI is InChI=1S/C10H15NO2S2/c1-13-5-2-4-11-7-9(12)8-3-6-14-10(8)15-11/h3,6,9,12H,2,4-5,7H2,1H3/t9-/m0/s1. The zero-order chi connectivity index (χ0) is 10.7. The Morgan fingerprint density at radius 3 is 3.33 bits per heavy atom. The van der Waals surface area contributed by atoms with E-state index >= 15 is 0 Å². The van der Waals surface area contributed by atoms with E-state index in [1.807, 2.05) is 11.4 Å². The van der Waals surface area contributed by atoms with Crippen molar-refractivity contribution in [2.45, 2.75) is 16.7 Å². The van der Waals surface area contributed by atoms with Crippen molar-refractivity contribution in [2.75, 3.05) is 26.8 Å².